The van der Waals surface area contributed by atoms with Crippen molar-refractivity contribution in [1.82, 2.24) is 19.9 Å². The number of nitrogens with zero attached hydrogens (tertiary/aromatic N) is 4. The lowest BCUT2D eigenvalue weighted by atomic mass is 10.2. The van der Waals surface area contributed by atoms with Gasteiger partial charge in [-0.25, -0.2) is 0 Å². The molecule has 0 aliphatic heterocycles. The summed E-state index contributed by atoms with van der Waals surface area (Å²) >= 11 is 7.55. The van der Waals surface area contributed by atoms with Gasteiger partial charge in [0.15, 0.2) is 11.0 Å². The molecule has 0 aliphatic rings. The minimum absolute atomic E-state index is 0.540. The van der Waals surface area contributed by atoms with Gasteiger partial charge in [0.2, 0.25) is 0 Å². The lowest BCUT2D eigenvalue weighted by Crippen LogP contribution is -2.03. The zero-order chi connectivity index (χ0) is 17.9. The Bertz CT molecular complexity index is 993. The van der Waals surface area contributed by atoms with Crippen molar-refractivity contribution in [2.75, 3.05) is 0 Å². The van der Waals surface area contributed by atoms with Crippen molar-refractivity contribution in [2.24, 2.45) is 0 Å². The maximum absolute atomic E-state index is 6.00. The average molecular weight is 387 g/mol. The average Bonchev–Trinajstić information content (AvgIpc) is 3.37. The summed E-state index contributed by atoms with van der Waals surface area (Å²) in [5.74, 6) is 3.03. The van der Waals surface area contributed by atoms with Gasteiger partial charge in [0, 0.05) is 22.4 Å². The van der Waals surface area contributed by atoms with Crippen LogP contribution in [0.15, 0.2) is 62.8 Å². The zero-order valence-electron chi connectivity index (χ0n) is 13.9. The van der Waals surface area contributed by atoms with Gasteiger partial charge in [-0.3, -0.25) is 4.57 Å². The van der Waals surface area contributed by atoms with Crippen LogP contribution in [0.5, 0.6) is 0 Å². The van der Waals surface area contributed by atoms with Crippen molar-refractivity contribution in [3.05, 3.63) is 71.0 Å². The molecule has 26 heavy (non-hydrogen) atoms. The highest BCUT2D eigenvalue weighted by Crippen LogP contribution is 2.28. The number of thioether (sulfide) groups is 1. The number of benzene rings is 1. The second kappa shape index (κ2) is 7.39. The molecule has 8 heteroatoms. The quantitative estimate of drug-likeness (QED) is 0.442. The molecule has 0 bridgehead atoms. The Labute approximate surface area is 159 Å². The van der Waals surface area contributed by atoms with Crippen molar-refractivity contribution < 1.29 is 8.94 Å². The van der Waals surface area contributed by atoms with Crippen LogP contribution in [-0.2, 0) is 12.3 Å². The number of halogens is 1. The van der Waals surface area contributed by atoms with Crippen LogP contribution in [0.2, 0.25) is 5.02 Å². The van der Waals surface area contributed by atoms with Crippen molar-refractivity contribution >= 4 is 23.4 Å². The zero-order valence-corrected chi connectivity index (χ0v) is 15.5. The monoisotopic (exact) mass is 386 g/mol. The van der Waals surface area contributed by atoms with Crippen molar-refractivity contribution in [1.29, 1.82) is 0 Å². The Morgan fingerprint density at radius 3 is 2.69 bits per heavy atom. The molecule has 0 saturated carbocycles. The van der Waals surface area contributed by atoms with Crippen LogP contribution in [0.25, 0.3) is 11.4 Å². The first-order valence-corrected chi connectivity index (χ1v) is 9.32. The number of aromatic nitrogens is 4. The molecule has 132 valence electrons. The molecule has 4 aromatic rings. The summed E-state index contributed by atoms with van der Waals surface area (Å²) in [6.07, 6.45) is 1.66. The normalized spacial score (nSPS) is 11.2. The van der Waals surface area contributed by atoms with Crippen LogP contribution in [0, 0.1) is 6.92 Å². The number of aryl methyl sites for hydroxylation is 1. The molecule has 0 saturated heterocycles. The topological polar surface area (TPSA) is 69.9 Å². The molecule has 3 heterocycles. The smallest absolute Gasteiger partial charge is 0.192 e. The van der Waals surface area contributed by atoms with E-state index in [1.807, 2.05) is 54.0 Å². The third kappa shape index (κ3) is 3.68. The Morgan fingerprint density at radius 2 is 2.00 bits per heavy atom. The standard InChI is InChI=1S/C18H15ClN4O2S/c1-12-9-15(22-25-12)11-26-18-21-20-17(13-4-6-14(19)7-5-13)23(18)10-16-3-2-8-24-16/h2-9H,10-11H2,1H3. The van der Waals surface area contributed by atoms with Crippen molar-refractivity contribution in [2.45, 2.75) is 24.4 Å². The van der Waals surface area contributed by atoms with E-state index < -0.39 is 0 Å². The Balaban J connectivity index is 1.65. The number of furan rings is 1. The summed E-state index contributed by atoms with van der Waals surface area (Å²) in [7, 11) is 0. The van der Waals surface area contributed by atoms with Crippen LogP contribution in [0.1, 0.15) is 17.2 Å². The first kappa shape index (κ1) is 16.9. The molecule has 1 aromatic carbocycles. The summed E-state index contributed by atoms with van der Waals surface area (Å²) in [6, 6.07) is 13.3. The first-order chi connectivity index (χ1) is 12.7. The van der Waals surface area contributed by atoms with E-state index in [9.17, 15) is 0 Å². The second-order valence-electron chi connectivity index (χ2n) is 5.70. The van der Waals surface area contributed by atoms with E-state index in [1.54, 1.807) is 18.0 Å². The third-order valence-corrected chi connectivity index (χ3v) is 4.99. The molecule has 0 aliphatic carbocycles. The van der Waals surface area contributed by atoms with Gasteiger partial charge in [0.1, 0.15) is 11.5 Å². The minimum atomic E-state index is 0.540. The molecular formula is C18H15ClN4O2S. The number of rotatable bonds is 6. The highest BCUT2D eigenvalue weighted by Gasteiger charge is 2.16. The molecule has 4 rings (SSSR count). The van der Waals surface area contributed by atoms with E-state index >= 15 is 0 Å². The summed E-state index contributed by atoms with van der Waals surface area (Å²) in [5.41, 5.74) is 1.81. The molecule has 0 atom stereocenters. The maximum atomic E-state index is 6.00. The SMILES string of the molecule is Cc1cc(CSc2nnc(-c3ccc(Cl)cc3)n2Cc2ccco2)no1. The fourth-order valence-corrected chi connectivity index (χ4v) is 3.48. The van der Waals surface area contributed by atoms with Gasteiger partial charge >= 0.3 is 0 Å². The highest BCUT2D eigenvalue weighted by molar-refractivity contribution is 7.98. The van der Waals surface area contributed by atoms with Gasteiger partial charge in [0.25, 0.3) is 0 Å². The van der Waals surface area contributed by atoms with Crippen LogP contribution in [0.4, 0.5) is 0 Å². The summed E-state index contributed by atoms with van der Waals surface area (Å²) in [5, 5.41) is 14.2. The van der Waals surface area contributed by atoms with E-state index in [1.165, 1.54) is 0 Å². The van der Waals surface area contributed by atoms with Crippen molar-refractivity contribution in [3.8, 4) is 11.4 Å². The van der Waals surface area contributed by atoms with Crippen LogP contribution >= 0.6 is 23.4 Å². The van der Waals surface area contributed by atoms with Gasteiger partial charge in [-0.1, -0.05) is 28.5 Å². The Hall–Kier alpha value is -2.51. The maximum Gasteiger partial charge on any atom is 0.192 e. The number of hydrogen-bond acceptors (Lipinski definition) is 6. The predicted molar refractivity (Wildman–Crippen MR) is 99.1 cm³/mol. The van der Waals surface area contributed by atoms with E-state index in [0.29, 0.717) is 17.3 Å². The summed E-state index contributed by atoms with van der Waals surface area (Å²) in [6.45, 7) is 2.41. The molecular weight excluding hydrogens is 372 g/mol. The lowest BCUT2D eigenvalue weighted by Gasteiger charge is -2.08. The Kier molecular flexibility index (Phi) is 4.81. The van der Waals surface area contributed by atoms with Crippen molar-refractivity contribution in [3.63, 3.8) is 0 Å². The molecule has 6 nitrogen and oxygen atoms in total. The second-order valence-corrected chi connectivity index (χ2v) is 7.08. The largest absolute Gasteiger partial charge is 0.467 e. The summed E-state index contributed by atoms with van der Waals surface area (Å²) in [4.78, 5) is 0. The lowest BCUT2D eigenvalue weighted by molar-refractivity contribution is 0.393. The van der Waals surface area contributed by atoms with Gasteiger partial charge in [-0.2, -0.15) is 0 Å². The molecule has 3 aromatic heterocycles. The van der Waals surface area contributed by atoms with Gasteiger partial charge in [-0.15, -0.1) is 10.2 Å². The number of hydrogen-bond donors (Lipinski definition) is 0. The Morgan fingerprint density at radius 1 is 1.15 bits per heavy atom. The highest BCUT2D eigenvalue weighted by atomic mass is 35.5. The van der Waals surface area contributed by atoms with E-state index in [4.69, 9.17) is 20.5 Å². The van der Waals surface area contributed by atoms with Crippen LogP contribution in [-0.4, -0.2) is 19.9 Å². The van der Waals surface area contributed by atoms with Gasteiger partial charge in [0.05, 0.1) is 18.5 Å². The third-order valence-electron chi connectivity index (χ3n) is 3.74. The van der Waals surface area contributed by atoms with Gasteiger partial charge in [-0.05, 0) is 43.3 Å². The molecule has 0 amide bonds. The van der Waals surface area contributed by atoms with E-state index in [-0.39, 0.29) is 0 Å². The molecule has 0 radical (unpaired) electrons. The fraction of sp³-hybridized carbons (Fsp3) is 0.167. The molecule has 0 N–H and O–H groups in total. The molecule has 0 fully saturated rings. The van der Waals surface area contributed by atoms with Crippen LogP contribution in [0.3, 0.4) is 0 Å². The first-order valence-electron chi connectivity index (χ1n) is 7.95. The predicted octanol–water partition coefficient (Wildman–Crippen LogP) is 4.83. The molecule has 0 spiro atoms. The molecule has 0 unspecified atom stereocenters. The fourth-order valence-electron chi connectivity index (χ4n) is 2.53. The van der Waals surface area contributed by atoms with Crippen LogP contribution < -0.4 is 0 Å². The van der Waals surface area contributed by atoms with E-state index in [2.05, 4.69) is 15.4 Å². The van der Waals surface area contributed by atoms with E-state index in [0.717, 1.165) is 33.8 Å². The minimum Gasteiger partial charge on any atom is -0.467 e. The summed E-state index contributed by atoms with van der Waals surface area (Å²) < 4.78 is 12.7. The van der Waals surface area contributed by atoms with Gasteiger partial charge < -0.3 is 8.94 Å².